The van der Waals surface area contributed by atoms with E-state index in [9.17, 15) is 0 Å². The van der Waals surface area contributed by atoms with Crippen LogP contribution in [0.1, 0.15) is 0 Å². The predicted octanol–water partition coefficient (Wildman–Crippen LogP) is 19.5. The van der Waals surface area contributed by atoms with E-state index < -0.39 is 0 Å². The molecule has 12 aromatic carbocycles. The molecule has 0 amide bonds. The Balaban J connectivity index is 1.02. The summed E-state index contributed by atoms with van der Waals surface area (Å²) in [7, 11) is 0. The lowest BCUT2D eigenvalue weighted by Gasteiger charge is -2.22. The van der Waals surface area contributed by atoms with Gasteiger partial charge in [-0.1, -0.05) is 212 Å². The van der Waals surface area contributed by atoms with Crippen LogP contribution in [0.25, 0.3) is 155 Å². The Morgan fingerprint density at radius 1 is 0.244 bits per heavy atom. The van der Waals surface area contributed by atoms with Gasteiger partial charge in [-0.25, -0.2) is 9.97 Å². The molecule has 0 saturated carbocycles. The highest BCUT2D eigenvalue weighted by Gasteiger charge is 2.28. The standard InChI is InChI=1S/C76H48N6/c1-5-24-49(25-6-1)61-48-62(78-76(77-61)50-26-7-2-8-27-50)57-37-23-43-68(82-67-42-22-17-36-60(67)73-70(82)47-45-56-54-33-14-19-39-64(54)80(75(56)73)52-30-11-4-12-31-52)71(57)58-34-15-20-40-65(58)81-66-41-21-16-35-59(66)72-69(81)46-44-55-53-32-13-18-38-63(53)79(74(55)72)51-28-9-3-10-29-51/h1-48H. The third-order valence-corrected chi connectivity index (χ3v) is 16.8. The van der Waals surface area contributed by atoms with E-state index >= 15 is 0 Å². The number of nitrogens with zero attached hydrogens (tertiary/aromatic N) is 6. The SMILES string of the molecule is c1ccc(-c2cc(-c3cccc(-n4c5ccccc5c5c4ccc4c6ccccc6n(-c6ccccc6)c45)c3-c3ccccc3-n3c4ccccc4c4c3ccc3c5ccccc5n(-c5ccccc5)c34)nc(-c3ccccc3)n2)cc1. The maximum Gasteiger partial charge on any atom is 0.160 e. The zero-order chi connectivity index (χ0) is 53.8. The maximum atomic E-state index is 5.60. The van der Waals surface area contributed by atoms with Gasteiger partial charge in [0.15, 0.2) is 5.82 Å². The van der Waals surface area contributed by atoms with E-state index in [0.29, 0.717) is 5.82 Å². The topological polar surface area (TPSA) is 45.5 Å². The molecule has 0 aliphatic carbocycles. The molecule has 5 heterocycles. The van der Waals surface area contributed by atoms with Gasteiger partial charge in [-0.3, -0.25) is 0 Å². The predicted molar refractivity (Wildman–Crippen MR) is 341 cm³/mol. The number of rotatable bonds is 8. The minimum Gasteiger partial charge on any atom is -0.309 e. The molecule has 6 nitrogen and oxygen atoms in total. The molecule has 0 saturated heterocycles. The van der Waals surface area contributed by atoms with Crippen LogP contribution in [0.5, 0.6) is 0 Å². The number of benzene rings is 12. The first kappa shape index (κ1) is 45.9. The maximum absolute atomic E-state index is 5.60. The Labute approximate surface area is 471 Å². The molecule has 17 rings (SSSR count). The normalized spacial score (nSPS) is 11.9. The lowest BCUT2D eigenvalue weighted by molar-refractivity contribution is 1.15. The molecule has 0 N–H and O–H groups in total. The van der Waals surface area contributed by atoms with Gasteiger partial charge in [-0.05, 0) is 78.9 Å². The zero-order valence-electron chi connectivity index (χ0n) is 44.4. The van der Waals surface area contributed by atoms with Gasteiger partial charge in [0.05, 0.1) is 66.9 Å². The summed E-state index contributed by atoms with van der Waals surface area (Å²) >= 11 is 0. The van der Waals surface area contributed by atoms with Crippen LogP contribution >= 0.6 is 0 Å². The number of hydrogen-bond acceptors (Lipinski definition) is 2. The lowest BCUT2D eigenvalue weighted by atomic mass is 9.93. The summed E-state index contributed by atoms with van der Waals surface area (Å²) in [5.41, 5.74) is 20.2. The summed E-state index contributed by atoms with van der Waals surface area (Å²) in [6, 6.07) is 105. The summed E-state index contributed by atoms with van der Waals surface area (Å²) in [6.45, 7) is 0. The first-order valence-electron chi connectivity index (χ1n) is 28.0. The van der Waals surface area contributed by atoms with Gasteiger partial charge in [0, 0.05) is 82.3 Å². The van der Waals surface area contributed by atoms with Crippen molar-refractivity contribution >= 4 is 87.2 Å². The molecule has 0 fully saturated rings. The van der Waals surface area contributed by atoms with Gasteiger partial charge in [0.2, 0.25) is 0 Å². The van der Waals surface area contributed by atoms with E-state index in [1.54, 1.807) is 0 Å². The highest BCUT2D eigenvalue weighted by Crippen LogP contribution is 2.49. The van der Waals surface area contributed by atoms with Crippen LogP contribution < -0.4 is 0 Å². The van der Waals surface area contributed by atoms with Gasteiger partial charge in [0.1, 0.15) is 0 Å². The van der Waals surface area contributed by atoms with E-state index in [-0.39, 0.29) is 0 Å². The Morgan fingerprint density at radius 2 is 0.646 bits per heavy atom. The fraction of sp³-hybridized carbons (Fsp3) is 0. The smallest absolute Gasteiger partial charge is 0.160 e. The summed E-state index contributed by atoms with van der Waals surface area (Å²) < 4.78 is 9.94. The Hall–Kier alpha value is -11.1. The number of para-hydroxylation sites is 7. The monoisotopic (exact) mass is 1040 g/mol. The van der Waals surface area contributed by atoms with Crippen molar-refractivity contribution in [3.8, 4) is 67.8 Å². The highest BCUT2D eigenvalue weighted by molar-refractivity contribution is 6.28. The zero-order valence-corrected chi connectivity index (χ0v) is 44.4. The van der Waals surface area contributed by atoms with Crippen LogP contribution in [0.15, 0.2) is 291 Å². The van der Waals surface area contributed by atoms with Crippen molar-refractivity contribution in [3.63, 3.8) is 0 Å². The molecule has 0 radical (unpaired) electrons. The van der Waals surface area contributed by atoms with E-state index in [1.165, 1.54) is 65.2 Å². The van der Waals surface area contributed by atoms with Crippen molar-refractivity contribution in [2.45, 2.75) is 0 Å². The largest absolute Gasteiger partial charge is 0.309 e. The number of aromatic nitrogens is 6. The van der Waals surface area contributed by atoms with Gasteiger partial charge < -0.3 is 18.3 Å². The lowest BCUT2D eigenvalue weighted by Crippen LogP contribution is -2.04. The highest BCUT2D eigenvalue weighted by atomic mass is 15.0. The van der Waals surface area contributed by atoms with Crippen LogP contribution in [0.3, 0.4) is 0 Å². The van der Waals surface area contributed by atoms with Crippen molar-refractivity contribution in [2.75, 3.05) is 0 Å². The van der Waals surface area contributed by atoms with Crippen LogP contribution in [0.2, 0.25) is 0 Å². The minimum absolute atomic E-state index is 0.662. The van der Waals surface area contributed by atoms with E-state index in [0.717, 1.165) is 84.0 Å². The Bertz CT molecular complexity index is 5320. The fourth-order valence-electron chi connectivity index (χ4n) is 13.4. The average Bonchev–Trinajstić information content (AvgIpc) is 4.29. The third-order valence-electron chi connectivity index (χ3n) is 16.8. The molecule has 0 atom stereocenters. The quantitative estimate of drug-likeness (QED) is 0.152. The van der Waals surface area contributed by atoms with Gasteiger partial charge in [-0.15, -0.1) is 0 Å². The molecule has 0 aliphatic rings. The molecule has 0 spiro atoms. The van der Waals surface area contributed by atoms with Crippen LogP contribution in [-0.4, -0.2) is 28.2 Å². The van der Waals surface area contributed by atoms with Crippen molar-refractivity contribution < 1.29 is 0 Å². The first-order valence-corrected chi connectivity index (χ1v) is 28.0. The molecule has 82 heavy (non-hydrogen) atoms. The molecule has 0 bridgehead atoms. The van der Waals surface area contributed by atoms with E-state index in [4.69, 9.17) is 9.97 Å². The number of fused-ring (bicyclic) bond motifs is 14. The molecule has 17 aromatic rings. The summed E-state index contributed by atoms with van der Waals surface area (Å²) in [5.74, 6) is 0.662. The van der Waals surface area contributed by atoms with E-state index in [1.807, 2.05) is 6.07 Å². The second kappa shape index (κ2) is 18.2. The van der Waals surface area contributed by atoms with Crippen molar-refractivity contribution in [2.24, 2.45) is 0 Å². The van der Waals surface area contributed by atoms with Crippen LogP contribution in [0.4, 0.5) is 0 Å². The van der Waals surface area contributed by atoms with E-state index in [2.05, 4.69) is 303 Å². The first-order chi connectivity index (χ1) is 40.7. The van der Waals surface area contributed by atoms with Gasteiger partial charge in [-0.2, -0.15) is 0 Å². The molecular weight excluding hydrogens is 997 g/mol. The molecule has 382 valence electrons. The Morgan fingerprint density at radius 3 is 1.20 bits per heavy atom. The van der Waals surface area contributed by atoms with Crippen LogP contribution in [0, 0.1) is 0 Å². The van der Waals surface area contributed by atoms with Crippen molar-refractivity contribution in [3.05, 3.63) is 291 Å². The molecule has 0 unspecified atom stereocenters. The fourth-order valence-corrected chi connectivity index (χ4v) is 13.4. The molecule has 5 aromatic heterocycles. The third kappa shape index (κ3) is 6.82. The van der Waals surface area contributed by atoms with Crippen LogP contribution in [-0.2, 0) is 0 Å². The van der Waals surface area contributed by atoms with Gasteiger partial charge in [0.25, 0.3) is 0 Å². The van der Waals surface area contributed by atoms with Gasteiger partial charge >= 0.3 is 0 Å². The summed E-state index contributed by atoms with van der Waals surface area (Å²) in [4.78, 5) is 10.9. The molecular formula is C76H48N6. The minimum atomic E-state index is 0.662. The molecule has 0 aliphatic heterocycles. The second-order valence-corrected chi connectivity index (χ2v) is 21.2. The summed E-state index contributed by atoms with van der Waals surface area (Å²) in [6.07, 6.45) is 0. The van der Waals surface area contributed by atoms with Crippen molar-refractivity contribution in [1.82, 2.24) is 28.2 Å². The number of hydrogen-bond donors (Lipinski definition) is 0. The summed E-state index contributed by atoms with van der Waals surface area (Å²) in [5, 5.41) is 9.62. The second-order valence-electron chi connectivity index (χ2n) is 21.2. The Kier molecular flexibility index (Phi) is 10.2. The average molecular weight is 1050 g/mol. The van der Waals surface area contributed by atoms with Crippen molar-refractivity contribution in [1.29, 1.82) is 0 Å². The molecule has 6 heteroatoms.